The minimum atomic E-state index is -1.58. The van der Waals surface area contributed by atoms with Crippen LogP contribution in [-0.4, -0.2) is 15.3 Å². The Morgan fingerprint density at radius 1 is 1.50 bits per heavy atom. The van der Waals surface area contributed by atoms with Gasteiger partial charge < -0.3 is 0 Å². The lowest BCUT2D eigenvalue weighted by Gasteiger charge is -1.95. The molecule has 1 aromatic rings. The molecule has 0 amide bonds. The summed E-state index contributed by atoms with van der Waals surface area (Å²) in [6.45, 7) is 0. The third-order valence-electron chi connectivity index (χ3n) is 1.48. The molecule has 0 radical (unpaired) electrons. The van der Waals surface area contributed by atoms with E-state index in [4.69, 9.17) is 0 Å². The number of hydrogen-bond acceptors (Lipinski definition) is 4. The van der Waals surface area contributed by atoms with Crippen LogP contribution >= 0.6 is 23.3 Å². The highest BCUT2D eigenvalue weighted by atomic mass is 32.2. The maximum atomic E-state index is 11.6. The topological polar surface area (TPSA) is 25.8 Å². The maximum Gasteiger partial charge on any atom is 0.266 e. The molecule has 0 saturated carbocycles. The molecule has 0 aliphatic rings. The quantitative estimate of drug-likeness (QED) is 0.557. The van der Waals surface area contributed by atoms with E-state index in [1.165, 1.54) is 11.5 Å². The molecule has 0 aliphatic carbocycles. The molecule has 0 N–H and O–H groups in total. The van der Waals surface area contributed by atoms with Crippen molar-refractivity contribution in [3.8, 4) is 0 Å². The van der Waals surface area contributed by atoms with Crippen molar-refractivity contribution < 1.29 is 8.78 Å². The molecule has 0 saturated heterocycles. The average Bonchev–Trinajstić information content (AvgIpc) is 2.63. The van der Waals surface area contributed by atoms with Crippen molar-refractivity contribution in [2.45, 2.75) is 23.5 Å². The van der Waals surface area contributed by atoms with Crippen LogP contribution in [0.4, 0.5) is 8.78 Å². The van der Waals surface area contributed by atoms with E-state index >= 15 is 0 Å². The zero-order chi connectivity index (χ0) is 10.2. The van der Waals surface area contributed by atoms with Crippen molar-refractivity contribution in [3.63, 3.8) is 0 Å². The van der Waals surface area contributed by atoms with Crippen LogP contribution in [0.1, 0.15) is 19.3 Å². The summed E-state index contributed by atoms with van der Waals surface area (Å²) in [5, 5.41) is 3.70. The Morgan fingerprint density at radius 2 is 2.36 bits per heavy atom. The fourth-order valence-electron chi connectivity index (χ4n) is 0.852. The lowest BCUT2D eigenvalue weighted by molar-refractivity contribution is 0.417. The summed E-state index contributed by atoms with van der Waals surface area (Å²) in [7, 11) is 0. The SMILES string of the molecule is FC(F)=CCCCCSc1cnns1. The molecule has 0 spiro atoms. The third-order valence-corrected chi connectivity index (χ3v) is 3.40. The second kappa shape index (κ2) is 6.89. The Bertz CT molecular complexity index is 271. The molecular weight excluding hydrogens is 226 g/mol. The lowest BCUT2D eigenvalue weighted by atomic mass is 10.2. The number of allylic oxidation sites excluding steroid dienone is 1. The normalized spacial score (nSPS) is 10.1. The van der Waals surface area contributed by atoms with Crippen LogP contribution in [-0.2, 0) is 0 Å². The Morgan fingerprint density at radius 3 is 3.00 bits per heavy atom. The molecule has 2 nitrogen and oxygen atoms in total. The molecule has 0 bridgehead atoms. The largest absolute Gasteiger partial charge is 0.266 e. The molecule has 0 unspecified atom stereocenters. The van der Waals surface area contributed by atoms with Crippen molar-refractivity contribution in [2.75, 3.05) is 5.75 Å². The van der Waals surface area contributed by atoms with Gasteiger partial charge in [-0.05, 0) is 42.6 Å². The van der Waals surface area contributed by atoms with Gasteiger partial charge in [0.15, 0.2) is 0 Å². The Labute approximate surface area is 89.6 Å². The minimum Gasteiger partial charge on any atom is -0.174 e. The smallest absolute Gasteiger partial charge is 0.174 e. The summed E-state index contributed by atoms with van der Waals surface area (Å²) in [5.74, 6) is 0.936. The molecule has 0 aromatic carbocycles. The first-order valence-corrected chi connectivity index (χ1v) is 5.96. The van der Waals surface area contributed by atoms with Crippen molar-refractivity contribution in [1.82, 2.24) is 9.59 Å². The van der Waals surface area contributed by atoms with Gasteiger partial charge in [-0.1, -0.05) is 4.49 Å². The summed E-state index contributed by atoms with van der Waals surface area (Å²) in [6, 6.07) is 0. The van der Waals surface area contributed by atoms with Gasteiger partial charge in [0.2, 0.25) is 0 Å². The van der Waals surface area contributed by atoms with Gasteiger partial charge in [0.05, 0.1) is 6.20 Å². The highest BCUT2D eigenvalue weighted by molar-refractivity contribution is 8.01. The molecule has 1 heterocycles. The first-order chi connectivity index (χ1) is 6.79. The van der Waals surface area contributed by atoms with Crippen LogP contribution in [0.3, 0.4) is 0 Å². The number of nitrogens with zero attached hydrogens (tertiary/aromatic N) is 2. The highest BCUT2D eigenvalue weighted by Gasteiger charge is 1.96. The van der Waals surface area contributed by atoms with Crippen LogP contribution in [0, 0.1) is 0 Å². The summed E-state index contributed by atoms with van der Waals surface area (Å²) in [5.41, 5.74) is 0. The fourth-order valence-corrected chi connectivity index (χ4v) is 2.35. The van der Waals surface area contributed by atoms with Crippen LogP contribution < -0.4 is 0 Å². The van der Waals surface area contributed by atoms with Crippen molar-refractivity contribution in [3.05, 3.63) is 18.4 Å². The van der Waals surface area contributed by atoms with Gasteiger partial charge in [-0.25, -0.2) is 0 Å². The maximum absolute atomic E-state index is 11.6. The van der Waals surface area contributed by atoms with E-state index in [0.29, 0.717) is 6.42 Å². The molecule has 14 heavy (non-hydrogen) atoms. The predicted molar refractivity (Wildman–Crippen MR) is 54.8 cm³/mol. The second-order valence-electron chi connectivity index (χ2n) is 2.57. The first kappa shape index (κ1) is 11.6. The molecule has 0 aliphatic heterocycles. The van der Waals surface area contributed by atoms with Crippen molar-refractivity contribution in [1.29, 1.82) is 0 Å². The third kappa shape index (κ3) is 5.29. The Hall–Kier alpha value is -0.490. The Balaban J connectivity index is 1.98. The van der Waals surface area contributed by atoms with E-state index in [1.807, 2.05) is 0 Å². The van der Waals surface area contributed by atoms with Crippen molar-refractivity contribution in [2.24, 2.45) is 0 Å². The lowest BCUT2D eigenvalue weighted by Crippen LogP contribution is -1.78. The molecule has 1 rings (SSSR count). The standard InChI is InChI=1S/C8H10F2N2S2/c9-7(10)4-2-1-3-5-13-8-6-11-12-14-8/h4,6H,1-3,5H2. The monoisotopic (exact) mass is 236 g/mol. The molecular formula is C8H10F2N2S2. The Kier molecular flexibility index (Phi) is 5.70. The van der Waals surface area contributed by atoms with Crippen LogP contribution in [0.5, 0.6) is 0 Å². The van der Waals surface area contributed by atoms with Gasteiger partial charge in [-0.2, -0.15) is 8.78 Å². The van der Waals surface area contributed by atoms with Gasteiger partial charge in [0.25, 0.3) is 6.08 Å². The van der Waals surface area contributed by atoms with E-state index in [9.17, 15) is 8.78 Å². The van der Waals surface area contributed by atoms with Crippen LogP contribution in [0.2, 0.25) is 0 Å². The van der Waals surface area contributed by atoms with Gasteiger partial charge in [-0.3, -0.25) is 0 Å². The van der Waals surface area contributed by atoms with Crippen LogP contribution in [0.15, 0.2) is 22.6 Å². The fraction of sp³-hybridized carbons (Fsp3) is 0.500. The summed E-state index contributed by atoms with van der Waals surface area (Å²) in [6.07, 6.45) is 3.31. The first-order valence-electron chi connectivity index (χ1n) is 4.20. The van der Waals surface area contributed by atoms with Gasteiger partial charge >= 0.3 is 0 Å². The minimum absolute atomic E-state index is 0.462. The van der Waals surface area contributed by atoms with E-state index in [0.717, 1.165) is 28.9 Å². The number of unbranched alkanes of at least 4 members (excludes halogenated alkanes) is 2. The van der Waals surface area contributed by atoms with Crippen molar-refractivity contribution >= 4 is 23.3 Å². The summed E-state index contributed by atoms with van der Waals surface area (Å²) >= 11 is 3.03. The number of halogens is 2. The zero-order valence-corrected chi connectivity index (χ0v) is 9.08. The second-order valence-corrected chi connectivity index (χ2v) is 4.76. The van der Waals surface area contributed by atoms with E-state index < -0.39 is 6.08 Å². The molecule has 6 heteroatoms. The molecule has 1 aromatic heterocycles. The molecule has 0 fully saturated rings. The molecule has 0 atom stereocenters. The van der Waals surface area contributed by atoms with Gasteiger partial charge in [0.1, 0.15) is 4.21 Å². The number of aromatic nitrogens is 2. The predicted octanol–water partition coefficient (Wildman–Crippen LogP) is 3.58. The average molecular weight is 236 g/mol. The number of thioether (sulfide) groups is 1. The highest BCUT2D eigenvalue weighted by Crippen LogP contribution is 2.21. The summed E-state index contributed by atoms with van der Waals surface area (Å²) < 4.78 is 28.0. The molecule has 78 valence electrons. The van der Waals surface area contributed by atoms with Gasteiger partial charge in [-0.15, -0.1) is 16.9 Å². The zero-order valence-electron chi connectivity index (χ0n) is 7.45. The van der Waals surface area contributed by atoms with Gasteiger partial charge in [0, 0.05) is 0 Å². The number of hydrogen-bond donors (Lipinski definition) is 0. The summed E-state index contributed by atoms with van der Waals surface area (Å²) in [4.78, 5) is 0. The van der Waals surface area contributed by atoms with E-state index in [2.05, 4.69) is 9.59 Å². The number of rotatable bonds is 6. The van der Waals surface area contributed by atoms with E-state index in [1.54, 1.807) is 18.0 Å². The van der Waals surface area contributed by atoms with E-state index in [-0.39, 0.29) is 0 Å². The van der Waals surface area contributed by atoms with Crippen LogP contribution in [0.25, 0.3) is 0 Å².